The number of carbonyl (C=O) groups is 3. The third kappa shape index (κ3) is 4.78. The Labute approximate surface area is 213 Å². The molecule has 0 saturated heterocycles. The molecule has 0 atom stereocenters. The van der Waals surface area contributed by atoms with E-state index >= 15 is 0 Å². The number of rotatable bonds is 7. The van der Waals surface area contributed by atoms with Gasteiger partial charge in [-0.05, 0) is 33.9 Å². The zero-order valence-corrected chi connectivity index (χ0v) is 20.3. The van der Waals surface area contributed by atoms with Gasteiger partial charge in [-0.15, -0.1) is 0 Å². The highest BCUT2D eigenvalue weighted by molar-refractivity contribution is 5.93. The van der Waals surface area contributed by atoms with Gasteiger partial charge in [0.2, 0.25) is 0 Å². The van der Waals surface area contributed by atoms with E-state index in [0.717, 1.165) is 22.3 Å². The maximum atomic E-state index is 12.7. The lowest BCUT2D eigenvalue weighted by molar-refractivity contribution is -0.136. The molecule has 0 bridgehead atoms. The van der Waals surface area contributed by atoms with E-state index in [4.69, 9.17) is 14.6 Å². The Morgan fingerprint density at radius 2 is 1.51 bits per heavy atom. The predicted octanol–water partition coefficient (Wildman–Crippen LogP) is 5.13. The number of aromatic nitrogens is 1. The van der Waals surface area contributed by atoms with Crippen LogP contribution in [0.3, 0.4) is 0 Å². The van der Waals surface area contributed by atoms with E-state index in [1.807, 2.05) is 24.3 Å². The Morgan fingerprint density at radius 3 is 2.19 bits per heavy atom. The van der Waals surface area contributed by atoms with Crippen LogP contribution in [-0.2, 0) is 20.7 Å². The number of amides is 1. The molecule has 4 aromatic rings. The molecule has 1 heterocycles. The Kier molecular flexibility index (Phi) is 6.64. The third-order valence-electron chi connectivity index (χ3n) is 6.63. The fourth-order valence-corrected chi connectivity index (χ4v) is 4.84. The first-order chi connectivity index (χ1) is 17.9. The van der Waals surface area contributed by atoms with Crippen LogP contribution < -0.4 is 0 Å². The average molecular weight is 499 g/mol. The lowest BCUT2D eigenvalue weighted by atomic mass is 9.98. The van der Waals surface area contributed by atoms with E-state index in [1.54, 1.807) is 31.3 Å². The van der Waals surface area contributed by atoms with Gasteiger partial charge in [0, 0.05) is 24.5 Å². The van der Waals surface area contributed by atoms with Crippen LogP contribution in [0.5, 0.6) is 0 Å². The Hall–Kier alpha value is -4.59. The summed E-state index contributed by atoms with van der Waals surface area (Å²) >= 11 is 0. The average Bonchev–Trinajstić information content (AvgIpc) is 3.43. The van der Waals surface area contributed by atoms with Crippen LogP contribution in [0, 0.1) is 0 Å². The van der Waals surface area contributed by atoms with Crippen molar-refractivity contribution in [2.24, 2.45) is 0 Å². The standard InChI is InChI=1S/C29H26N2O6/c1-30(14-15-36-29(35)31-17-19(16-27(32)33)20-8-6-7-13-26(20)31)28(34)37-18-25-23-11-4-2-9-21(23)22-10-3-5-12-24(22)25/h2-13,17,25H,14-16,18H2,1H3,(H,32,33). The molecular weight excluding hydrogens is 472 g/mol. The predicted molar refractivity (Wildman–Crippen MR) is 138 cm³/mol. The smallest absolute Gasteiger partial charge is 0.418 e. The lowest BCUT2D eigenvalue weighted by Gasteiger charge is -2.19. The summed E-state index contributed by atoms with van der Waals surface area (Å²) < 4.78 is 12.3. The number of benzene rings is 3. The number of carbonyl (C=O) groups excluding carboxylic acids is 2. The van der Waals surface area contributed by atoms with Crippen molar-refractivity contribution in [1.29, 1.82) is 0 Å². The van der Waals surface area contributed by atoms with Crippen LogP contribution in [0.2, 0.25) is 0 Å². The van der Waals surface area contributed by atoms with Crippen LogP contribution in [0.25, 0.3) is 22.0 Å². The topological polar surface area (TPSA) is 98.1 Å². The third-order valence-corrected chi connectivity index (χ3v) is 6.63. The number of fused-ring (bicyclic) bond motifs is 4. The number of carboxylic acids is 1. The van der Waals surface area contributed by atoms with E-state index in [9.17, 15) is 14.4 Å². The van der Waals surface area contributed by atoms with Gasteiger partial charge in [-0.2, -0.15) is 0 Å². The molecule has 0 unspecified atom stereocenters. The summed E-state index contributed by atoms with van der Waals surface area (Å²) in [6.45, 7) is 0.308. The number of carboxylic acid groups (broad SMARTS) is 1. The molecule has 0 saturated carbocycles. The van der Waals surface area contributed by atoms with Gasteiger partial charge in [0.25, 0.3) is 0 Å². The molecule has 1 amide bonds. The number of nitrogens with zero attached hydrogens (tertiary/aromatic N) is 2. The number of para-hydroxylation sites is 1. The van der Waals surface area contributed by atoms with E-state index in [2.05, 4.69) is 24.3 Å². The van der Waals surface area contributed by atoms with Gasteiger partial charge >= 0.3 is 18.2 Å². The number of hydrogen-bond donors (Lipinski definition) is 1. The van der Waals surface area contributed by atoms with Crippen molar-refractivity contribution in [3.63, 3.8) is 0 Å². The van der Waals surface area contributed by atoms with E-state index < -0.39 is 18.2 Å². The molecule has 37 heavy (non-hydrogen) atoms. The van der Waals surface area contributed by atoms with Crippen LogP contribution in [0.1, 0.15) is 22.6 Å². The van der Waals surface area contributed by atoms with Crippen molar-refractivity contribution in [2.45, 2.75) is 12.3 Å². The van der Waals surface area contributed by atoms with E-state index in [1.165, 1.54) is 15.7 Å². The summed E-state index contributed by atoms with van der Waals surface area (Å²) in [5, 5.41) is 9.84. The van der Waals surface area contributed by atoms with Crippen LogP contribution >= 0.6 is 0 Å². The molecule has 0 spiro atoms. The van der Waals surface area contributed by atoms with Crippen molar-refractivity contribution >= 4 is 29.1 Å². The van der Waals surface area contributed by atoms with Gasteiger partial charge in [-0.1, -0.05) is 66.7 Å². The number of hydrogen-bond acceptors (Lipinski definition) is 5. The monoisotopic (exact) mass is 498 g/mol. The summed E-state index contributed by atoms with van der Waals surface area (Å²) in [5.74, 6) is -1.02. The molecule has 1 aliphatic carbocycles. The first-order valence-corrected chi connectivity index (χ1v) is 12.0. The molecule has 1 aromatic heterocycles. The van der Waals surface area contributed by atoms with Crippen molar-refractivity contribution in [3.05, 3.63) is 95.7 Å². The quantitative estimate of drug-likeness (QED) is 0.379. The molecule has 1 N–H and O–H groups in total. The molecule has 0 radical (unpaired) electrons. The number of aliphatic carboxylic acids is 1. The minimum absolute atomic E-state index is 0.0374. The number of ether oxygens (including phenoxy) is 2. The largest absolute Gasteiger partial charge is 0.481 e. The highest BCUT2D eigenvalue weighted by Crippen LogP contribution is 2.44. The Balaban J connectivity index is 1.17. The highest BCUT2D eigenvalue weighted by atomic mass is 16.6. The fourth-order valence-electron chi connectivity index (χ4n) is 4.84. The Bertz CT molecular complexity index is 1450. The van der Waals surface area contributed by atoms with Crippen molar-refractivity contribution in [2.75, 3.05) is 26.8 Å². The Morgan fingerprint density at radius 1 is 0.892 bits per heavy atom. The summed E-state index contributed by atoms with van der Waals surface area (Å²) in [7, 11) is 1.59. The first kappa shape index (κ1) is 24.1. The second-order valence-corrected chi connectivity index (χ2v) is 8.95. The van der Waals surface area contributed by atoms with Crippen LogP contribution in [-0.4, -0.2) is 59.5 Å². The maximum absolute atomic E-state index is 12.7. The molecule has 188 valence electrons. The van der Waals surface area contributed by atoms with E-state index in [-0.39, 0.29) is 32.1 Å². The molecule has 8 nitrogen and oxygen atoms in total. The minimum atomic E-state index is -0.985. The molecule has 8 heteroatoms. The molecule has 0 fully saturated rings. The van der Waals surface area contributed by atoms with Gasteiger partial charge in [0.15, 0.2) is 0 Å². The van der Waals surface area contributed by atoms with Gasteiger partial charge in [0.05, 0.1) is 18.5 Å². The second kappa shape index (κ2) is 10.2. The summed E-state index contributed by atoms with van der Waals surface area (Å²) in [6, 6.07) is 23.3. The number of likely N-dealkylation sites (N-methyl/N-ethyl adjacent to an activating group) is 1. The van der Waals surface area contributed by atoms with Gasteiger partial charge in [-0.25, -0.2) is 9.59 Å². The van der Waals surface area contributed by atoms with Gasteiger partial charge < -0.3 is 19.5 Å². The SMILES string of the molecule is CN(CCOC(=O)n1cc(CC(=O)O)c2ccccc21)C(=O)OCC1c2ccccc2-c2ccccc21. The zero-order valence-electron chi connectivity index (χ0n) is 20.3. The molecular formula is C29H26N2O6. The lowest BCUT2D eigenvalue weighted by Crippen LogP contribution is -2.32. The first-order valence-electron chi connectivity index (χ1n) is 12.0. The van der Waals surface area contributed by atoms with E-state index in [0.29, 0.717) is 16.5 Å². The van der Waals surface area contributed by atoms with Gasteiger partial charge in [0.1, 0.15) is 13.2 Å². The zero-order chi connectivity index (χ0) is 25.9. The summed E-state index contributed by atoms with van der Waals surface area (Å²) in [4.78, 5) is 37.9. The highest BCUT2D eigenvalue weighted by Gasteiger charge is 2.29. The second-order valence-electron chi connectivity index (χ2n) is 8.95. The summed E-state index contributed by atoms with van der Waals surface area (Å²) in [6.07, 6.45) is 0.128. The molecule has 3 aromatic carbocycles. The van der Waals surface area contributed by atoms with Crippen molar-refractivity contribution < 1.29 is 29.0 Å². The van der Waals surface area contributed by atoms with Crippen molar-refractivity contribution in [1.82, 2.24) is 9.47 Å². The fraction of sp³-hybridized carbons (Fsp3) is 0.207. The van der Waals surface area contributed by atoms with Crippen LogP contribution in [0.15, 0.2) is 79.0 Å². The summed E-state index contributed by atoms with van der Waals surface area (Å²) in [5.41, 5.74) is 5.67. The van der Waals surface area contributed by atoms with Crippen LogP contribution in [0.4, 0.5) is 9.59 Å². The normalized spacial score (nSPS) is 12.1. The van der Waals surface area contributed by atoms with Crippen molar-refractivity contribution in [3.8, 4) is 11.1 Å². The minimum Gasteiger partial charge on any atom is -0.481 e. The molecule has 1 aliphatic rings. The van der Waals surface area contributed by atoms with Gasteiger partial charge in [-0.3, -0.25) is 9.36 Å². The molecule has 5 rings (SSSR count). The molecule has 0 aliphatic heterocycles. The maximum Gasteiger partial charge on any atom is 0.418 e.